The second kappa shape index (κ2) is 2.62. The number of hydrogen-bond acceptors (Lipinski definition) is 3. The molecule has 11 heavy (non-hydrogen) atoms. The van der Waals surface area contributed by atoms with Crippen molar-refractivity contribution in [3.05, 3.63) is 11.6 Å². The predicted molar refractivity (Wildman–Crippen MR) is 39.1 cm³/mol. The zero-order valence-corrected chi connectivity index (χ0v) is 6.58. The van der Waals surface area contributed by atoms with Crippen LogP contribution in [0.1, 0.15) is 18.6 Å². The van der Waals surface area contributed by atoms with Crippen molar-refractivity contribution in [3.8, 4) is 0 Å². The van der Waals surface area contributed by atoms with Gasteiger partial charge in [0.2, 0.25) is 0 Å². The second-order valence-corrected chi connectivity index (χ2v) is 2.60. The fourth-order valence-electron chi connectivity index (χ4n) is 1.29. The van der Waals surface area contributed by atoms with Gasteiger partial charge in [0.25, 0.3) is 0 Å². The van der Waals surface area contributed by atoms with Crippen LogP contribution in [0.15, 0.2) is 0 Å². The number of aryl methyl sites for hydroxylation is 1. The van der Waals surface area contributed by atoms with Gasteiger partial charge in [0.05, 0.1) is 6.61 Å². The molecule has 0 bridgehead atoms. The molecular formula is C7H11N3O. The van der Waals surface area contributed by atoms with Gasteiger partial charge in [0.1, 0.15) is 18.4 Å². The normalized spacial score (nSPS) is 16.5. The summed E-state index contributed by atoms with van der Waals surface area (Å²) in [6.07, 6.45) is 1.82. The molecule has 1 aromatic heterocycles. The van der Waals surface area contributed by atoms with Crippen LogP contribution in [0.3, 0.4) is 0 Å². The average molecular weight is 153 g/mol. The van der Waals surface area contributed by atoms with E-state index in [1.54, 1.807) is 0 Å². The fourth-order valence-corrected chi connectivity index (χ4v) is 1.29. The van der Waals surface area contributed by atoms with Crippen molar-refractivity contribution in [2.24, 2.45) is 0 Å². The summed E-state index contributed by atoms with van der Waals surface area (Å²) in [5.74, 6) is 2.09. The Morgan fingerprint density at radius 3 is 3.27 bits per heavy atom. The molecule has 2 rings (SSSR count). The van der Waals surface area contributed by atoms with Crippen LogP contribution in [-0.2, 0) is 24.3 Å². The summed E-state index contributed by atoms with van der Waals surface area (Å²) in [5.41, 5.74) is 0. The van der Waals surface area contributed by atoms with Crippen molar-refractivity contribution < 1.29 is 4.74 Å². The molecule has 0 amide bonds. The Morgan fingerprint density at radius 2 is 2.45 bits per heavy atom. The maximum atomic E-state index is 5.28. The van der Waals surface area contributed by atoms with Crippen LogP contribution in [-0.4, -0.2) is 21.4 Å². The maximum Gasteiger partial charge on any atom is 0.137 e. The Labute approximate surface area is 65.2 Å². The first kappa shape index (κ1) is 6.79. The van der Waals surface area contributed by atoms with Crippen molar-refractivity contribution in [2.45, 2.75) is 26.5 Å². The van der Waals surface area contributed by atoms with E-state index < -0.39 is 0 Å². The third kappa shape index (κ3) is 1.03. The van der Waals surface area contributed by atoms with Crippen LogP contribution in [0.25, 0.3) is 0 Å². The number of aromatic nitrogens is 3. The lowest BCUT2D eigenvalue weighted by Gasteiger charge is -2.14. The van der Waals surface area contributed by atoms with Gasteiger partial charge in [-0.1, -0.05) is 6.92 Å². The third-order valence-corrected chi connectivity index (χ3v) is 1.91. The van der Waals surface area contributed by atoms with E-state index in [9.17, 15) is 0 Å². The van der Waals surface area contributed by atoms with Crippen molar-refractivity contribution in [1.82, 2.24) is 14.8 Å². The van der Waals surface area contributed by atoms with Gasteiger partial charge < -0.3 is 4.74 Å². The largest absolute Gasteiger partial charge is 0.360 e. The molecule has 1 aromatic rings. The molecule has 0 unspecified atom stereocenters. The molecule has 0 radical (unpaired) electrons. The van der Waals surface area contributed by atoms with Crippen molar-refractivity contribution in [2.75, 3.05) is 6.61 Å². The molecule has 0 atom stereocenters. The molecular weight excluding hydrogens is 142 g/mol. The van der Waals surface area contributed by atoms with Crippen LogP contribution < -0.4 is 0 Å². The van der Waals surface area contributed by atoms with Gasteiger partial charge in [-0.25, -0.2) is 0 Å². The van der Waals surface area contributed by atoms with Gasteiger partial charge in [-0.15, -0.1) is 10.2 Å². The molecule has 4 nitrogen and oxygen atoms in total. The smallest absolute Gasteiger partial charge is 0.137 e. The van der Waals surface area contributed by atoms with Crippen LogP contribution >= 0.6 is 0 Å². The minimum Gasteiger partial charge on any atom is -0.360 e. The summed E-state index contributed by atoms with van der Waals surface area (Å²) in [6.45, 7) is 3.49. The predicted octanol–water partition coefficient (Wildman–Crippen LogP) is 0.371. The van der Waals surface area contributed by atoms with E-state index in [-0.39, 0.29) is 0 Å². The zero-order chi connectivity index (χ0) is 7.68. The summed E-state index contributed by atoms with van der Waals surface area (Å²) in [6, 6.07) is 0. The molecule has 2 heterocycles. The van der Waals surface area contributed by atoms with E-state index in [0.717, 1.165) is 31.1 Å². The van der Waals surface area contributed by atoms with Gasteiger partial charge in [0.15, 0.2) is 0 Å². The Kier molecular flexibility index (Phi) is 1.62. The van der Waals surface area contributed by atoms with Crippen molar-refractivity contribution in [3.63, 3.8) is 0 Å². The molecule has 0 saturated heterocycles. The molecule has 1 aliphatic rings. The van der Waals surface area contributed by atoms with E-state index >= 15 is 0 Å². The van der Waals surface area contributed by atoms with Gasteiger partial charge in [-0.3, -0.25) is 4.57 Å². The van der Waals surface area contributed by atoms with Crippen LogP contribution in [0.5, 0.6) is 0 Å². The van der Waals surface area contributed by atoms with Gasteiger partial charge in [-0.2, -0.15) is 0 Å². The number of nitrogens with zero attached hydrogens (tertiary/aromatic N) is 3. The third-order valence-electron chi connectivity index (χ3n) is 1.91. The summed E-state index contributed by atoms with van der Waals surface area (Å²) < 4.78 is 7.32. The summed E-state index contributed by atoms with van der Waals surface area (Å²) in [5, 5.41) is 8.11. The van der Waals surface area contributed by atoms with E-state index in [1.165, 1.54) is 0 Å². The molecule has 0 spiro atoms. The number of rotatable bonds is 1. The molecule has 0 N–H and O–H groups in total. The van der Waals surface area contributed by atoms with Gasteiger partial charge in [0, 0.05) is 12.8 Å². The van der Waals surface area contributed by atoms with E-state index in [2.05, 4.69) is 17.1 Å². The first-order chi connectivity index (χ1) is 5.42. The van der Waals surface area contributed by atoms with Crippen LogP contribution in [0.2, 0.25) is 0 Å². The second-order valence-electron chi connectivity index (χ2n) is 2.60. The molecule has 0 aliphatic carbocycles. The van der Waals surface area contributed by atoms with E-state index in [4.69, 9.17) is 4.74 Å². The highest BCUT2D eigenvalue weighted by molar-refractivity contribution is 4.96. The standard InChI is InChI=1S/C7H11N3O/c1-2-6-8-9-7-3-4-11-5-10(6)7/h2-5H2,1H3. The average Bonchev–Trinajstić information content (AvgIpc) is 2.47. The summed E-state index contributed by atoms with van der Waals surface area (Å²) in [7, 11) is 0. The lowest BCUT2D eigenvalue weighted by atomic mass is 10.4. The monoisotopic (exact) mass is 153 g/mol. The molecule has 0 fully saturated rings. The Hall–Kier alpha value is -0.900. The van der Waals surface area contributed by atoms with Crippen molar-refractivity contribution >= 4 is 0 Å². The molecule has 60 valence electrons. The highest BCUT2D eigenvalue weighted by Crippen LogP contribution is 2.08. The summed E-state index contributed by atoms with van der Waals surface area (Å²) in [4.78, 5) is 0. The number of fused-ring (bicyclic) bond motifs is 1. The zero-order valence-electron chi connectivity index (χ0n) is 6.58. The molecule has 1 aliphatic heterocycles. The lowest BCUT2D eigenvalue weighted by Crippen LogP contribution is -2.18. The Bertz CT molecular complexity index is 243. The minimum atomic E-state index is 0.630. The number of ether oxygens (including phenoxy) is 1. The maximum absolute atomic E-state index is 5.28. The van der Waals surface area contributed by atoms with Crippen LogP contribution in [0.4, 0.5) is 0 Å². The molecule has 4 heteroatoms. The first-order valence-corrected chi connectivity index (χ1v) is 3.90. The molecule has 0 aromatic carbocycles. The Balaban J connectivity index is 2.38. The summed E-state index contributed by atoms with van der Waals surface area (Å²) >= 11 is 0. The highest BCUT2D eigenvalue weighted by Gasteiger charge is 2.13. The topological polar surface area (TPSA) is 39.9 Å². The van der Waals surface area contributed by atoms with E-state index in [0.29, 0.717) is 6.73 Å². The number of hydrogen-bond donors (Lipinski definition) is 0. The molecule has 0 saturated carbocycles. The van der Waals surface area contributed by atoms with Crippen molar-refractivity contribution in [1.29, 1.82) is 0 Å². The minimum absolute atomic E-state index is 0.630. The SMILES string of the molecule is CCc1nnc2n1COCC2. The quantitative estimate of drug-likeness (QED) is 0.585. The Morgan fingerprint density at radius 1 is 1.55 bits per heavy atom. The van der Waals surface area contributed by atoms with Gasteiger partial charge >= 0.3 is 0 Å². The van der Waals surface area contributed by atoms with Crippen LogP contribution in [0, 0.1) is 0 Å². The van der Waals surface area contributed by atoms with E-state index in [1.807, 2.05) is 4.57 Å². The fraction of sp³-hybridized carbons (Fsp3) is 0.714. The van der Waals surface area contributed by atoms with Gasteiger partial charge in [-0.05, 0) is 0 Å². The lowest BCUT2D eigenvalue weighted by molar-refractivity contribution is 0.0539. The first-order valence-electron chi connectivity index (χ1n) is 3.90. The highest BCUT2D eigenvalue weighted by atomic mass is 16.5.